The minimum Gasteiger partial charge on any atom is -0.305 e. The molecular weight excluding hydrogens is 333 g/mol. The molecule has 0 aliphatic rings. The van der Waals surface area contributed by atoms with Crippen LogP contribution in [0.15, 0.2) is 36.5 Å². The number of aryl methyl sites for hydroxylation is 1. The Morgan fingerprint density at radius 1 is 1.17 bits per heavy atom. The molecule has 1 amide bonds. The summed E-state index contributed by atoms with van der Waals surface area (Å²) in [7, 11) is 0. The Morgan fingerprint density at radius 3 is 2.54 bits per heavy atom. The number of nitrogens with zero attached hydrogens (tertiary/aromatic N) is 4. The molecule has 0 fully saturated rings. The molecule has 0 unspecified atom stereocenters. The molecule has 0 bridgehead atoms. The zero-order chi connectivity index (χ0) is 17.3. The van der Waals surface area contributed by atoms with E-state index in [2.05, 4.69) is 20.3 Å². The van der Waals surface area contributed by atoms with Gasteiger partial charge in [-0.3, -0.25) is 4.79 Å². The molecule has 6 nitrogen and oxygen atoms in total. The highest BCUT2D eigenvalue weighted by atomic mass is 35.5. The third-order valence-corrected chi connectivity index (χ3v) is 3.63. The van der Waals surface area contributed by atoms with Gasteiger partial charge in [0.05, 0.1) is 5.69 Å². The van der Waals surface area contributed by atoms with Crippen LogP contribution in [0.25, 0.3) is 5.69 Å². The average molecular weight is 346 g/mol. The number of carbonyl (C=O) groups excluding carboxylic acids is 1. The van der Waals surface area contributed by atoms with E-state index >= 15 is 0 Å². The van der Waals surface area contributed by atoms with E-state index in [4.69, 9.17) is 11.6 Å². The van der Waals surface area contributed by atoms with Crippen molar-refractivity contribution in [2.45, 2.75) is 13.8 Å². The number of carbonyl (C=O) groups is 1. The van der Waals surface area contributed by atoms with Crippen LogP contribution in [0.3, 0.4) is 0 Å². The van der Waals surface area contributed by atoms with Gasteiger partial charge in [-0.05, 0) is 55.8 Å². The summed E-state index contributed by atoms with van der Waals surface area (Å²) in [6.07, 6.45) is 1.44. The smallest absolute Gasteiger partial charge is 0.277 e. The van der Waals surface area contributed by atoms with Crippen LogP contribution in [-0.2, 0) is 0 Å². The Kier molecular flexibility index (Phi) is 4.26. The first-order chi connectivity index (χ1) is 11.5. The number of amides is 1. The number of hydrogen-bond acceptors (Lipinski definition) is 4. The zero-order valence-electron chi connectivity index (χ0n) is 12.9. The van der Waals surface area contributed by atoms with Crippen molar-refractivity contribution < 1.29 is 9.18 Å². The van der Waals surface area contributed by atoms with Crippen LogP contribution >= 0.6 is 11.6 Å². The molecule has 0 atom stereocenters. The topological polar surface area (TPSA) is 72.7 Å². The van der Waals surface area contributed by atoms with E-state index in [-0.39, 0.29) is 22.6 Å². The van der Waals surface area contributed by atoms with Crippen LogP contribution in [0, 0.1) is 19.7 Å². The summed E-state index contributed by atoms with van der Waals surface area (Å²) in [5.41, 5.74) is 1.62. The summed E-state index contributed by atoms with van der Waals surface area (Å²) in [5, 5.41) is 2.67. The average Bonchev–Trinajstić information content (AvgIpc) is 2.83. The zero-order valence-corrected chi connectivity index (χ0v) is 13.7. The number of benzene rings is 1. The molecule has 0 spiro atoms. The highest BCUT2D eigenvalue weighted by Crippen LogP contribution is 2.19. The number of anilines is 1. The van der Waals surface area contributed by atoms with Gasteiger partial charge in [0.1, 0.15) is 23.2 Å². The molecule has 1 aromatic carbocycles. The van der Waals surface area contributed by atoms with Gasteiger partial charge < -0.3 is 9.88 Å². The quantitative estimate of drug-likeness (QED) is 0.739. The highest BCUT2D eigenvalue weighted by Gasteiger charge is 2.19. The van der Waals surface area contributed by atoms with Crippen molar-refractivity contribution in [1.29, 1.82) is 0 Å². The molecule has 0 radical (unpaired) electrons. The van der Waals surface area contributed by atoms with E-state index in [9.17, 15) is 9.18 Å². The number of aromatic nitrogens is 4. The lowest BCUT2D eigenvalue weighted by atomic mass is 10.2. The van der Waals surface area contributed by atoms with Gasteiger partial charge in [-0.15, -0.1) is 0 Å². The fraction of sp³-hybridized carbons (Fsp3) is 0.125. The Bertz CT molecular complexity index is 907. The fourth-order valence-electron chi connectivity index (χ4n) is 2.41. The van der Waals surface area contributed by atoms with Crippen LogP contribution < -0.4 is 5.32 Å². The molecule has 0 aliphatic heterocycles. The molecular formula is C16H13ClFN5O. The molecule has 1 N–H and O–H groups in total. The maximum Gasteiger partial charge on any atom is 0.277 e. The number of halogens is 2. The number of imidazole rings is 1. The van der Waals surface area contributed by atoms with Crippen molar-refractivity contribution in [1.82, 2.24) is 19.5 Å². The summed E-state index contributed by atoms with van der Waals surface area (Å²) in [4.78, 5) is 24.4. The molecule has 0 saturated carbocycles. The molecule has 3 rings (SSSR count). The van der Waals surface area contributed by atoms with Gasteiger partial charge >= 0.3 is 0 Å². The monoisotopic (exact) mass is 345 g/mol. The Morgan fingerprint density at radius 2 is 1.88 bits per heavy atom. The normalized spacial score (nSPS) is 10.7. The van der Waals surface area contributed by atoms with Gasteiger partial charge in [0, 0.05) is 11.9 Å². The Balaban J connectivity index is 1.93. The lowest BCUT2D eigenvalue weighted by Crippen LogP contribution is -2.15. The molecule has 3 aromatic rings. The van der Waals surface area contributed by atoms with Crippen molar-refractivity contribution in [3.05, 3.63) is 64.8 Å². The second-order valence-electron chi connectivity index (χ2n) is 5.07. The maximum absolute atomic E-state index is 13.1. The van der Waals surface area contributed by atoms with Gasteiger partial charge in [-0.1, -0.05) is 0 Å². The maximum atomic E-state index is 13.1. The van der Waals surface area contributed by atoms with Gasteiger partial charge in [0.25, 0.3) is 5.91 Å². The summed E-state index contributed by atoms with van der Waals surface area (Å²) < 4.78 is 14.9. The first-order valence-electron chi connectivity index (χ1n) is 7.07. The van der Waals surface area contributed by atoms with Crippen LogP contribution in [0.2, 0.25) is 5.28 Å². The standard InChI is InChI=1S/C16H13ClFN5O/c1-9-14(15(24)21-13-7-8-19-16(17)22-13)20-10(2)23(9)12-5-3-11(18)4-6-12/h3-8H,1-2H3,(H,19,21,22,24). The first kappa shape index (κ1) is 16.1. The lowest BCUT2D eigenvalue weighted by Gasteiger charge is -2.08. The minimum atomic E-state index is -0.411. The third kappa shape index (κ3) is 3.11. The van der Waals surface area contributed by atoms with Crippen molar-refractivity contribution >= 4 is 23.3 Å². The van der Waals surface area contributed by atoms with Crippen LogP contribution in [0.1, 0.15) is 22.0 Å². The number of hydrogen-bond donors (Lipinski definition) is 1. The summed E-state index contributed by atoms with van der Waals surface area (Å²) in [5.74, 6) is 0.164. The summed E-state index contributed by atoms with van der Waals surface area (Å²) in [6, 6.07) is 7.50. The fourth-order valence-corrected chi connectivity index (χ4v) is 2.55. The molecule has 122 valence electrons. The van der Waals surface area contributed by atoms with Gasteiger partial charge in [-0.25, -0.2) is 19.3 Å². The predicted molar refractivity (Wildman–Crippen MR) is 88.0 cm³/mol. The molecule has 2 heterocycles. The Hall–Kier alpha value is -2.80. The van der Waals surface area contributed by atoms with Crippen LogP contribution in [-0.4, -0.2) is 25.4 Å². The highest BCUT2D eigenvalue weighted by molar-refractivity contribution is 6.28. The van der Waals surface area contributed by atoms with Crippen molar-refractivity contribution in [2.24, 2.45) is 0 Å². The SMILES string of the molecule is Cc1nc(C(=O)Nc2ccnc(Cl)n2)c(C)n1-c1ccc(F)cc1. The van der Waals surface area contributed by atoms with E-state index in [0.717, 1.165) is 5.69 Å². The van der Waals surface area contributed by atoms with Crippen LogP contribution in [0.5, 0.6) is 0 Å². The van der Waals surface area contributed by atoms with Crippen molar-refractivity contribution in [2.75, 3.05) is 5.32 Å². The van der Waals surface area contributed by atoms with E-state index in [0.29, 0.717) is 11.5 Å². The minimum absolute atomic E-state index is 0.0394. The summed E-state index contributed by atoms with van der Waals surface area (Å²) in [6.45, 7) is 3.54. The largest absolute Gasteiger partial charge is 0.305 e. The van der Waals surface area contributed by atoms with Crippen molar-refractivity contribution in [3.63, 3.8) is 0 Å². The number of nitrogens with one attached hydrogen (secondary N) is 1. The number of rotatable bonds is 3. The van der Waals surface area contributed by atoms with E-state index in [1.165, 1.54) is 24.4 Å². The molecule has 24 heavy (non-hydrogen) atoms. The predicted octanol–water partition coefficient (Wildman–Crippen LogP) is 3.32. The van der Waals surface area contributed by atoms with Gasteiger partial charge in [-0.2, -0.15) is 0 Å². The van der Waals surface area contributed by atoms with Crippen LogP contribution in [0.4, 0.5) is 10.2 Å². The molecule has 8 heteroatoms. The second-order valence-corrected chi connectivity index (χ2v) is 5.41. The van der Waals surface area contributed by atoms with E-state index < -0.39 is 5.91 Å². The summed E-state index contributed by atoms with van der Waals surface area (Å²) >= 11 is 5.70. The Labute approximate surface area is 142 Å². The molecule has 2 aromatic heterocycles. The lowest BCUT2D eigenvalue weighted by molar-refractivity contribution is 0.102. The molecule has 0 aliphatic carbocycles. The van der Waals surface area contributed by atoms with E-state index in [1.807, 2.05) is 0 Å². The first-order valence-corrected chi connectivity index (χ1v) is 7.45. The molecule has 0 saturated heterocycles. The van der Waals surface area contributed by atoms with Crippen molar-refractivity contribution in [3.8, 4) is 5.69 Å². The van der Waals surface area contributed by atoms with E-state index in [1.54, 1.807) is 30.5 Å². The van der Waals surface area contributed by atoms with Gasteiger partial charge in [0.15, 0.2) is 0 Å². The second kappa shape index (κ2) is 6.37. The van der Waals surface area contributed by atoms with Gasteiger partial charge in [0.2, 0.25) is 5.28 Å². The third-order valence-electron chi connectivity index (χ3n) is 3.44.